The molecular weight excluding hydrogens is 383 g/mol. The molecule has 2 unspecified atom stereocenters. The monoisotopic (exact) mass is 403 g/mol. The average molecular weight is 403 g/mol. The van der Waals surface area contributed by atoms with Crippen LogP contribution in [-0.4, -0.2) is 23.4 Å². The van der Waals surface area contributed by atoms with E-state index in [1.165, 1.54) is 19.1 Å². The van der Waals surface area contributed by atoms with Gasteiger partial charge in [0, 0.05) is 18.4 Å². The number of halogens is 3. The first kappa shape index (κ1) is 19.4. The van der Waals surface area contributed by atoms with Crippen LogP contribution < -0.4 is 5.73 Å². The molecule has 0 saturated heterocycles. The van der Waals surface area contributed by atoms with Gasteiger partial charge < -0.3 is 10.5 Å². The number of carbonyl (C=O) groups excluding carboxylic acids is 1. The van der Waals surface area contributed by atoms with Gasteiger partial charge in [0.15, 0.2) is 0 Å². The number of nitrogens with zero attached hydrogens (tertiary/aromatic N) is 2. The van der Waals surface area contributed by atoms with E-state index in [0.717, 1.165) is 28.8 Å². The Balaban J connectivity index is 1.91. The Morgan fingerprint density at radius 1 is 1.24 bits per heavy atom. The number of hydrogen-bond acceptors (Lipinski definition) is 4. The number of aryl methyl sites for hydroxylation is 1. The lowest BCUT2D eigenvalue weighted by Crippen LogP contribution is -2.52. The highest BCUT2D eigenvalue weighted by Crippen LogP contribution is 2.50. The zero-order chi connectivity index (χ0) is 20.8. The second kappa shape index (κ2) is 7.18. The van der Waals surface area contributed by atoms with Crippen LogP contribution in [0.5, 0.6) is 0 Å². The highest BCUT2D eigenvalue weighted by molar-refractivity contribution is 5.97. The van der Waals surface area contributed by atoms with Crippen molar-refractivity contribution in [1.29, 1.82) is 0 Å². The molecule has 2 aliphatic rings. The van der Waals surface area contributed by atoms with Crippen LogP contribution in [0, 0.1) is 23.4 Å². The van der Waals surface area contributed by atoms with Crippen LogP contribution >= 0.6 is 0 Å². The predicted octanol–water partition coefficient (Wildman–Crippen LogP) is 3.41. The van der Waals surface area contributed by atoms with Gasteiger partial charge in [-0.25, -0.2) is 13.2 Å². The van der Waals surface area contributed by atoms with Crippen LogP contribution in [0.4, 0.5) is 13.2 Å². The van der Waals surface area contributed by atoms with E-state index in [1.54, 1.807) is 6.07 Å². The Morgan fingerprint density at radius 2 is 1.97 bits per heavy atom. The lowest BCUT2D eigenvalue weighted by Gasteiger charge is -2.45. The normalized spacial score (nSPS) is 23.0. The first-order valence-corrected chi connectivity index (χ1v) is 9.39. The molecule has 0 radical (unpaired) electrons. The number of amides is 1. The predicted molar refractivity (Wildman–Crippen MR) is 100 cm³/mol. The van der Waals surface area contributed by atoms with Gasteiger partial charge in [-0.05, 0) is 61.7 Å². The van der Waals surface area contributed by atoms with Crippen LogP contribution in [-0.2, 0) is 21.7 Å². The molecule has 8 heteroatoms. The van der Waals surface area contributed by atoms with E-state index >= 15 is 0 Å². The van der Waals surface area contributed by atoms with Crippen molar-refractivity contribution in [3.8, 4) is 0 Å². The summed E-state index contributed by atoms with van der Waals surface area (Å²) in [6, 6.07) is 7.21. The van der Waals surface area contributed by atoms with Gasteiger partial charge in [-0.3, -0.25) is 4.79 Å². The number of nitrogens with two attached hydrogens (primary N) is 1. The number of ether oxygens (including phenoxy) is 1. The molecule has 0 bridgehead atoms. The first-order chi connectivity index (χ1) is 13.9. The fraction of sp³-hybridized carbons (Fsp3) is 0.333. The maximum absolute atomic E-state index is 14.4. The molecule has 1 aliphatic heterocycles. The summed E-state index contributed by atoms with van der Waals surface area (Å²) in [5.74, 6) is -2.89. The van der Waals surface area contributed by atoms with Gasteiger partial charge in [-0.2, -0.15) is 5.01 Å². The molecule has 2 aromatic rings. The molecule has 0 fully saturated rings. The van der Waals surface area contributed by atoms with Crippen molar-refractivity contribution in [2.75, 3.05) is 6.54 Å². The molecule has 0 saturated carbocycles. The number of fused-ring (bicyclic) bond motifs is 2. The van der Waals surface area contributed by atoms with Crippen molar-refractivity contribution in [2.24, 2.45) is 16.8 Å². The van der Waals surface area contributed by atoms with E-state index in [0.29, 0.717) is 31.4 Å². The number of rotatable bonds is 3. The summed E-state index contributed by atoms with van der Waals surface area (Å²) in [6.07, 6.45) is 1.75. The quantitative estimate of drug-likeness (QED) is 0.854. The van der Waals surface area contributed by atoms with Crippen molar-refractivity contribution in [3.63, 3.8) is 0 Å². The largest absolute Gasteiger partial charge is 0.443 e. The van der Waals surface area contributed by atoms with E-state index in [-0.39, 0.29) is 17.4 Å². The van der Waals surface area contributed by atoms with Crippen molar-refractivity contribution in [2.45, 2.75) is 31.9 Å². The minimum Gasteiger partial charge on any atom is -0.443 e. The topological polar surface area (TPSA) is 67.9 Å². The summed E-state index contributed by atoms with van der Waals surface area (Å²) >= 11 is 0. The fourth-order valence-electron chi connectivity index (χ4n) is 4.26. The fourth-order valence-corrected chi connectivity index (χ4v) is 4.26. The molecule has 5 nitrogen and oxygen atoms in total. The van der Waals surface area contributed by atoms with Gasteiger partial charge in [0.2, 0.25) is 17.5 Å². The Labute approximate surface area is 165 Å². The number of benzene rings is 2. The summed E-state index contributed by atoms with van der Waals surface area (Å²) in [5, 5.41) is 5.32. The third kappa shape index (κ3) is 3.07. The van der Waals surface area contributed by atoms with Crippen molar-refractivity contribution >= 4 is 11.8 Å². The SMILES string of the molecule is CC(=O)N1N=C(c2cc(F)ccc2F)OC12c1cc(F)ccc1CCC2CCN. The molecule has 1 amide bonds. The minimum absolute atomic E-state index is 0.205. The molecule has 1 heterocycles. The summed E-state index contributed by atoms with van der Waals surface area (Å²) in [6.45, 7) is 1.61. The van der Waals surface area contributed by atoms with Gasteiger partial charge >= 0.3 is 0 Å². The first-order valence-electron chi connectivity index (χ1n) is 9.39. The molecule has 2 atom stereocenters. The van der Waals surface area contributed by atoms with E-state index in [9.17, 15) is 18.0 Å². The van der Waals surface area contributed by atoms with E-state index in [2.05, 4.69) is 5.10 Å². The van der Waals surface area contributed by atoms with Crippen LogP contribution in [0.1, 0.15) is 36.5 Å². The van der Waals surface area contributed by atoms with Gasteiger partial charge in [0.05, 0.1) is 5.56 Å². The number of hydrazone groups is 1. The smallest absolute Gasteiger partial charge is 0.244 e. The van der Waals surface area contributed by atoms with Gasteiger partial charge in [0.25, 0.3) is 0 Å². The van der Waals surface area contributed by atoms with Crippen molar-refractivity contribution in [1.82, 2.24) is 5.01 Å². The summed E-state index contributed by atoms with van der Waals surface area (Å²) in [5.41, 5.74) is 5.38. The lowest BCUT2D eigenvalue weighted by molar-refractivity contribution is -0.163. The van der Waals surface area contributed by atoms with Crippen LogP contribution in [0.15, 0.2) is 41.5 Å². The molecule has 4 rings (SSSR count). The molecule has 0 aromatic heterocycles. The van der Waals surface area contributed by atoms with Crippen LogP contribution in [0.2, 0.25) is 0 Å². The maximum Gasteiger partial charge on any atom is 0.244 e. The third-order valence-electron chi connectivity index (χ3n) is 5.50. The van der Waals surface area contributed by atoms with E-state index in [1.807, 2.05) is 0 Å². The summed E-state index contributed by atoms with van der Waals surface area (Å²) in [7, 11) is 0. The second-order valence-electron chi connectivity index (χ2n) is 7.27. The minimum atomic E-state index is -1.46. The van der Waals surface area contributed by atoms with Crippen molar-refractivity contribution < 1.29 is 22.7 Å². The molecular formula is C21H20F3N3O2. The van der Waals surface area contributed by atoms with E-state index < -0.39 is 29.1 Å². The summed E-state index contributed by atoms with van der Waals surface area (Å²) < 4.78 is 48.5. The maximum atomic E-state index is 14.4. The number of carbonyl (C=O) groups is 1. The zero-order valence-electron chi connectivity index (χ0n) is 15.8. The standard InChI is InChI=1S/C21H20F3N3O2/c1-12(28)27-21(29-20(26-27)17-10-15(22)6-7-19(17)24)14(8-9-25)4-2-13-3-5-16(23)11-18(13)21/h3,5-7,10-11,14H,2,4,8-9,25H2,1H3. The Bertz CT molecular complexity index is 1010. The highest BCUT2D eigenvalue weighted by Gasteiger charge is 2.56. The molecule has 2 N–H and O–H groups in total. The summed E-state index contributed by atoms with van der Waals surface area (Å²) in [4.78, 5) is 12.5. The second-order valence-corrected chi connectivity index (χ2v) is 7.27. The Morgan fingerprint density at radius 3 is 2.69 bits per heavy atom. The molecule has 1 spiro atoms. The van der Waals surface area contributed by atoms with Crippen LogP contribution in [0.25, 0.3) is 0 Å². The zero-order valence-corrected chi connectivity index (χ0v) is 15.8. The van der Waals surface area contributed by atoms with Gasteiger partial charge in [-0.15, -0.1) is 5.10 Å². The van der Waals surface area contributed by atoms with Crippen LogP contribution in [0.3, 0.4) is 0 Å². The Kier molecular flexibility index (Phi) is 4.82. The molecule has 2 aromatic carbocycles. The average Bonchev–Trinajstić information content (AvgIpc) is 3.08. The third-order valence-corrected chi connectivity index (χ3v) is 5.50. The van der Waals surface area contributed by atoms with Crippen molar-refractivity contribution in [3.05, 3.63) is 70.5 Å². The van der Waals surface area contributed by atoms with E-state index in [4.69, 9.17) is 10.5 Å². The lowest BCUT2D eigenvalue weighted by atomic mass is 9.74. The molecule has 29 heavy (non-hydrogen) atoms. The van der Waals surface area contributed by atoms with Gasteiger partial charge in [-0.1, -0.05) is 6.07 Å². The molecule has 1 aliphatic carbocycles. The highest BCUT2D eigenvalue weighted by atomic mass is 19.1. The Hall–Kier alpha value is -2.87. The molecule has 152 valence electrons. The van der Waals surface area contributed by atoms with Gasteiger partial charge in [0.1, 0.15) is 17.5 Å². The number of hydrogen-bond donors (Lipinski definition) is 1.